The van der Waals surface area contributed by atoms with Gasteiger partial charge in [-0.05, 0) is 41.7 Å². The van der Waals surface area contributed by atoms with E-state index in [0.717, 1.165) is 25.7 Å². The smallest absolute Gasteiger partial charge is 0.140 e. The van der Waals surface area contributed by atoms with Crippen molar-refractivity contribution in [2.75, 3.05) is 0 Å². The molecular weight excluding hydrogens is 218 g/mol. The lowest BCUT2D eigenvalue weighted by Gasteiger charge is -2.27. The molecule has 16 heavy (non-hydrogen) atoms. The van der Waals surface area contributed by atoms with Crippen LogP contribution in [0.15, 0.2) is 16.8 Å². The minimum absolute atomic E-state index is 0.0717. The molecule has 2 atom stereocenters. The van der Waals surface area contributed by atoms with Crippen molar-refractivity contribution in [2.45, 2.75) is 45.1 Å². The molecule has 0 radical (unpaired) electrons. The third-order valence-electron chi connectivity index (χ3n) is 3.89. The molecule has 0 saturated heterocycles. The van der Waals surface area contributed by atoms with E-state index in [1.54, 1.807) is 11.3 Å². The number of ketones is 1. The van der Waals surface area contributed by atoms with Gasteiger partial charge in [-0.15, -0.1) is 0 Å². The van der Waals surface area contributed by atoms with Crippen molar-refractivity contribution < 1.29 is 4.79 Å². The van der Waals surface area contributed by atoms with Crippen molar-refractivity contribution in [2.24, 2.45) is 11.1 Å². The molecule has 1 heterocycles. The molecular formula is C13H19NOS. The first-order valence-corrected chi connectivity index (χ1v) is 6.87. The first-order valence-electron chi connectivity index (χ1n) is 5.93. The second-order valence-electron chi connectivity index (χ2n) is 4.97. The molecule has 2 unspecified atom stereocenters. The van der Waals surface area contributed by atoms with Gasteiger partial charge in [-0.1, -0.05) is 13.3 Å². The molecule has 1 aromatic rings. The summed E-state index contributed by atoms with van der Waals surface area (Å²) < 4.78 is 0. The molecule has 0 amide bonds. The number of hydrogen-bond donors (Lipinski definition) is 1. The number of carbonyl (C=O) groups is 1. The van der Waals surface area contributed by atoms with Crippen LogP contribution in [0.5, 0.6) is 0 Å². The molecule has 0 aromatic carbocycles. The highest BCUT2D eigenvalue weighted by Crippen LogP contribution is 2.38. The largest absolute Gasteiger partial charge is 0.327 e. The fraction of sp³-hybridized carbons (Fsp3) is 0.615. The van der Waals surface area contributed by atoms with E-state index in [0.29, 0.717) is 12.2 Å². The summed E-state index contributed by atoms with van der Waals surface area (Å²) in [5, 5.41) is 4.17. The molecule has 1 aliphatic carbocycles. The van der Waals surface area contributed by atoms with Crippen LogP contribution in [-0.4, -0.2) is 11.8 Å². The van der Waals surface area contributed by atoms with Crippen LogP contribution in [0.25, 0.3) is 0 Å². The van der Waals surface area contributed by atoms with Gasteiger partial charge >= 0.3 is 0 Å². The van der Waals surface area contributed by atoms with Crippen molar-refractivity contribution in [3.8, 4) is 0 Å². The fourth-order valence-electron chi connectivity index (χ4n) is 2.52. The van der Waals surface area contributed by atoms with Crippen molar-refractivity contribution in [1.82, 2.24) is 0 Å². The third-order valence-corrected chi connectivity index (χ3v) is 4.62. The first kappa shape index (κ1) is 11.8. The molecule has 2 rings (SSSR count). The van der Waals surface area contributed by atoms with E-state index in [2.05, 4.69) is 16.8 Å². The number of aryl methyl sites for hydroxylation is 1. The second kappa shape index (κ2) is 4.68. The van der Waals surface area contributed by atoms with E-state index in [9.17, 15) is 4.79 Å². The Labute approximate surface area is 101 Å². The number of nitrogens with two attached hydrogens (primary N) is 1. The van der Waals surface area contributed by atoms with Gasteiger partial charge in [0.25, 0.3) is 0 Å². The lowest BCUT2D eigenvalue weighted by atomic mass is 9.79. The zero-order valence-electron chi connectivity index (χ0n) is 9.74. The number of Topliss-reactive ketones (excluding diaryl/α,β-unsaturated/α-hetero) is 1. The van der Waals surface area contributed by atoms with Gasteiger partial charge in [0.2, 0.25) is 0 Å². The van der Waals surface area contributed by atoms with Crippen LogP contribution in [0.1, 0.15) is 38.2 Å². The van der Waals surface area contributed by atoms with Gasteiger partial charge in [0.15, 0.2) is 0 Å². The number of rotatable bonds is 4. The zero-order chi connectivity index (χ0) is 11.6. The molecule has 2 nitrogen and oxygen atoms in total. The maximum absolute atomic E-state index is 12.2. The molecule has 0 aliphatic heterocycles. The fourth-order valence-corrected chi connectivity index (χ4v) is 3.22. The van der Waals surface area contributed by atoms with Gasteiger partial charge in [-0.2, -0.15) is 11.3 Å². The second-order valence-corrected chi connectivity index (χ2v) is 5.75. The number of hydrogen-bond acceptors (Lipinski definition) is 3. The minimum Gasteiger partial charge on any atom is -0.327 e. The molecule has 0 spiro atoms. The first-order chi connectivity index (χ1) is 7.63. The van der Waals surface area contributed by atoms with Crippen LogP contribution in [0.2, 0.25) is 0 Å². The molecule has 1 saturated carbocycles. The van der Waals surface area contributed by atoms with E-state index >= 15 is 0 Å². The maximum Gasteiger partial charge on any atom is 0.140 e. The SMILES string of the molecule is CC1(C(=O)CCc2ccsc2)CCCC1N. The van der Waals surface area contributed by atoms with Gasteiger partial charge in [0.1, 0.15) is 5.78 Å². The molecule has 1 aliphatic rings. The van der Waals surface area contributed by atoms with Gasteiger partial charge in [-0.25, -0.2) is 0 Å². The molecule has 1 aromatic heterocycles. The Balaban J connectivity index is 1.93. The lowest BCUT2D eigenvalue weighted by molar-refractivity contribution is -0.128. The van der Waals surface area contributed by atoms with E-state index in [1.165, 1.54) is 5.56 Å². The van der Waals surface area contributed by atoms with Gasteiger partial charge in [0, 0.05) is 17.9 Å². The number of thiophene rings is 1. The Kier molecular flexibility index (Phi) is 3.45. The summed E-state index contributed by atoms with van der Waals surface area (Å²) in [6.07, 6.45) is 4.57. The van der Waals surface area contributed by atoms with Crippen LogP contribution >= 0.6 is 11.3 Å². The predicted octanol–water partition coefficient (Wildman–Crippen LogP) is 2.77. The third kappa shape index (κ3) is 2.20. The molecule has 0 bridgehead atoms. The summed E-state index contributed by atoms with van der Waals surface area (Å²) in [6.45, 7) is 2.04. The minimum atomic E-state index is -0.254. The summed E-state index contributed by atoms with van der Waals surface area (Å²) in [7, 11) is 0. The Morgan fingerprint density at radius 3 is 3.06 bits per heavy atom. The number of carbonyl (C=O) groups excluding carboxylic acids is 1. The van der Waals surface area contributed by atoms with E-state index < -0.39 is 0 Å². The molecule has 1 fully saturated rings. The Bertz CT molecular complexity index is 360. The summed E-state index contributed by atoms with van der Waals surface area (Å²) >= 11 is 1.69. The Morgan fingerprint density at radius 2 is 2.50 bits per heavy atom. The van der Waals surface area contributed by atoms with Crippen LogP contribution in [-0.2, 0) is 11.2 Å². The highest BCUT2D eigenvalue weighted by Gasteiger charge is 2.41. The van der Waals surface area contributed by atoms with Crippen molar-refractivity contribution in [3.05, 3.63) is 22.4 Å². The average molecular weight is 237 g/mol. The van der Waals surface area contributed by atoms with Gasteiger partial charge in [-0.3, -0.25) is 4.79 Å². The summed E-state index contributed by atoms with van der Waals surface area (Å²) in [6, 6.07) is 2.16. The molecule has 2 N–H and O–H groups in total. The van der Waals surface area contributed by atoms with E-state index in [-0.39, 0.29) is 11.5 Å². The summed E-state index contributed by atoms with van der Waals surface area (Å²) in [5.74, 6) is 0.351. The maximum atomic E-state index is 12.2. The van der Waals surface area contributed by atoms with Crippen molar-refractivity contribution in [1.29, 1.82) is 0 Å². The van der Waals surface area contributed by atoms with Crippen LogP contribution in [0.4, 0.5) is 0 Å². The zero-order valence-corrected chi connectivity index (χ0v) is 10.6. The van der Waals surface area contributed by atoms with Crippen LogP contribution < -0.4 is 5.73 Å². The monoisotopic (exact) mass is 237 g/mol. The van der Waals surface area contributed by atoms with Crippen LogP contribution in [0, 0.1) is 5.41 Å². The van der Waals surface area contributed by atoms with Gasteiger partial charge in [0.05, 0.1) is 0 Å². The molecule has 3 heteroatoms. The lowest BCUT2D eigenvalue weighted by Crippen LogP contribution is -2.41. The average Bonchev–Trinajstić information content (AvgIpc) is 2.87. The molecule has 88 valence electrons. The van der Waals surface area contributed by atoms with E-state index in [1.807, 2.05) is 6.92 Å². The Hall–Kier alpha value is -0.670. The summed E-state index contributed by atoms with van der Waals surface area (Å²) in [5.41, 5.74) is 7.06. The predicted molar refractivity (Wildman–Crippen MR) is 67.6 cm³/mol. The Morgan fingerprint density at radius 1 is 1.69 bits per heavy atom. The summed E-state index contributed by atoms with van der Waals surface area (Å²) in [4.78, 5) is 12.2. The van der Waals surface area contributed by atoms with Crippen LogP contribution in [0.3, 0.4) is 0 Å². The highest BCUT2D eigenvalue weighted by molar-refractivity contribution is 7.07. The normalized spacial score (nSPS) is 29.5. The van der Waals surface area contributed by atoms with Crippen molar-refractivity contribution >= 4 is 17.1 Å². The highest BCUT2D eigenvalue weighted by atomic mass is 32.1. The van der Waals surface area contributed by atoms with Gasteiger partial charge < -0.3 is 5.73 Å². The van der Waals surface area contributed by atoms with Crippen molar-refractivity contribution in [3.63, 3.8) is 0 Å². The quantitative estimate of drug-likeness (QED) is 0.875. The standard InChI is InChI=1S/C13H19NOS/c1-13(7-2-3-11(13)14)12(15)5-4-10-6-8-16-9-10/h6,8-9,11H,2-5,7,14H2,1H3. The topological polar surface area (TPSA) is 43.1 Å². The van der Waals surface area contributed by atoms with E-state index in [4.69, 9.17) is 5.73 Å².